The smallest absolute Gasteiger partial charge is 0.0642 e. The highest BCUT2D eigenvalue weighted by Gasteiger charge is 2.23. The molecule has 0 aromatic carbocycles. The lowest BCUT2D eigenvalue weighted by Crippen LogP contribution is -2.50. The fraction of sp³-hybridized carbons (Fsp3) is 1.00. The highest BCUT2D eigenvalue weighted by atomic mass is 16.5. The summed E-state index contributed by atoms with van der Waals surface area (Å²) in [5, 5.41) is 12.2. The minimum absolute atomic E-state index is 0.0995. The van der Waals surface area contributed by atoms with Crippen LogP contribution in [0.3, 0.4) is 0 Å². The SMILES string of the molecule is COCC(C)(CCO)NC(C)C. The molecule has 0 fully saturated rings. The number of methoxy groups -OCH3 is 1. The largest absolute Gasteiger partial charge is 0.396 e. The molecule has 0 heterocycles. The Labute approximate surface area is 75.1 Å². The van der Waals surface area contributed by atoms with E-state index in [4.69, 9.17) is 9.84 Å². The van der Waals surface area contributed by atoms with E-state index < -0.39 is 0 Å². The van der Waals surface area contributed by atoms with E-state index in [1.54, 1.807) is 7.11 Å². The Hall–Kier alpha value is -0.120. The molecule has 0 saturated heterocycles. The second kappa shape index (κ2) is 5.51. The van der Waals surface area contributed by atoms with Crippen LogP contribution in [-0.2, 0) is 4.74 Å². The Balaban J connectivity index is 3.98. The number of rotatable bonds is 6. The van der Waals surface area contributed by atoms with Crippen molar-refractivity contribution < 1.29 is 9.84 Å². The molecule has 3 heteroatoms. The summed E-state index contributed by atoms with van der Waals surface area (Å²) in [6.07, 6.45) is 0.721. The number of aliphatic hydroxyl groups is 1. The molecular formula is C9H21NO2. The third kappa shape index (κ3) is 4.70. The first kappa shape index (κ1) is 11.9. The maximum absolute atomic E-state index is 8.85. The quantitative estimate of drug-likeness (QED) is 0.626. The van der Waals surface area contributed by atoms with Crippen molar-refractivity contribution in [3.63, 3.8) is 0 Å². The van der Waals surface area contributed by atoms with Gasteiger partial charge in [0.25, 0.3) is 0 Å². The number of nitrogens with one attached hydrogen (secondary N) is 1. The summed E-state index contributed by atoms with van der Waals surface area (Å²) >= 11 is 0. The Morgan fingerprint density at radius 2 is 2.08 bits per heavy atom. The molecule has 0 aromatic heterocycles. The van der Waals surface area contributed by atoms with Crippen molar-refractivity contribution >= 4 is 0 Å². The van der Waals surface area contributed by atoms with E-state index >= 15 is 0 Å². The van der Waals surface area contributed by atoms with Crippen LogP contribution in [0.1, 0.15) is 27.2 Å². The Morgan fingerprint density at radius 3 is 2.42 bits per heavy atom. The van der Waals surface area contributed by atoms with E-state index in [-0.39, 0.29) is 12.1 Å². The van der Waals surface area contributed by atoms with E-state index in [0.717, 1.165) is 6.42 Å². The molecule has 74 valence electrons. The molecule has 0 aliphatic rings. The highest BCUT2D eigenvalue weighted by Crippen LogP contribution is 2.10. The molecule has 1 atom stereocenters. The Bertz CT molecular complexity index is 109. The summed E-state index contributed by atoms with van der Waals surface area (Å²) in [5.41, 5.74) is -0.0995. The summed E-state index contributed by atoms with van der Waals surface area (Å²) < 4.78 is 5.09. The Morgan fingerprint density at radius 1 is 1.50 bits per heavy atom. The summed E-state index contributed by atoms with van der Waals surface area (Å²) in [7, 11) is 1.68. The van der Waals surface area contributed by atoms with Crippen LogP contribution in [0.4, 0.5) is 0 Å². The van der Waals surface area contributed by atoms with Gasteiger partial charge in [-0.05, 0) is 13.3 Å². The van der Waals surface area contributed by atoms with Crippen molar-refractivity contribution in [2.45, 2.75) is 38.8 Å². The van der Waals surface area contributed by atoms with Gasteiger partial charge in [-0.1, -0.05) is 13.8 Å². The maximum atomic E-state index is 8.85. The lowest BCUT2D eigenvalue weighted by molar-refractivity contribution is 0.0928. The zero-order chi connectivity index (χ0) is 9.61. The highest BCUT2D eigenvalue weighted by molar-refractivity contribution is 4.83. The molecule has 12 heavy (non-hydrogen) atoms. The van der Waals surface area contributed by atoms with Gasteiger partial charge in [-0.15, -0.1) is 0 Å². The van der Waals surface area contributed by atoms with Crippen molar-refractivity contribution in [1.82, 2.24) is 5.32 Å². The lowest BCUT2D eigenvalue weighted by Gasteiger charge is -2.31. The molecule has 2 N–H and O–H groups in total. The topological polar surface area (TPSA) is 41.5 Å². The van der Waals surface area contributed by atoms with Gasteiger partial charge in [0.1, 0.15) is 0 Å². The van der Waals surface area contributed by atoms with Crippen LogP contribution in [-0.4, -0.2) is 37.0 Å². The van der Waals surface area contributed by atoms with Crippen LogP contribution in [0.2, 0.25) is 0 Å². The standard InChI is InChI=1S/C9H21NO2/c1-8(2)10-9(3,5-6-11)7-12-4/h8,10-11H,5-7H2,1-4H3. The molecule has 0 aliphatic carbocycles. The minimum atomic E-state index is -0.0995. The molecule has 0 saturated carbocycles. The van der Waals surface area contributed by atoms with Gasteiger partial charge in [0.2, 0.25) is 0 Å². The molecule has 0 rings (SSSR count). The van der Waals surface area contributed by atoms with Crippen molar-refractivity contribution in [2.75, 3.05) is 20.3 Å². The normalized spacial score (nSPS) is 16.5. The molecule has 0 amide bonds. The van der Waals surface area contributed by atoms with Crippen LogP contribution in [0.25, 0.3) is 0 Å². The lowest BCUT2D eigenvalue weighted by atomic mass is 9.98. The van der Waals surface area contributed by atoms with Gasteiger partial charge in [0.05, 0.1) is 6.61 Å². The minimum Gasteiger partial charge on any atom is -0.396 e. The van der Waals surface area contributed by atoms with E-state index in [0.29, 0.717) is 12.6 Å². The fourth-order valence-corrected chi connectivity index (χ4v) is 1.45. The zero-order valence-corrected chi connectivity index (χ0v) is 8.55. The fourth-order valence-electron chi connectivity index (χ4n) is 1.45. The first-order valence-electron chi connectivity index (χ1n) is 4.41. The molecule has 3 nitrogen and oxygen atoms in total. The molecule has 0 bridgehead atoms. The van der Waals surface area contributed by atoms with E-state index in [1.165, 1.54) is 0 Å². The number of hydrogen-bond acceptors (Lipinski definition) is 3. The molecule has 1 unspecified atom stereocenters. The van der Waals surface area contributed by atoms with Crippen LogP contribution in [0.15, 0.2) is 0 Å². The van der Waals surface area contributed by atoms with Gasteiger partial charge >= 0.3 is 0 Å². The third-order valence-corrected chi connectivity index (χ3v) is 1.76. The number of ether oxygens (including phenoxy) is 1. The predicted octanol–water partition coefficient (Wildman–Crippen LogP) is 0.772. The van der Waals surface area contributed by atoms with Gasteiger partial charge in [-0.3, -0.25) is 0 Å². The van der Waals surface area contributed by atoms with Crippen molar-refractivity contribution in [3.05, 3.63) is 0 Å². The molecule has 0 aromatic rings. The van der Waals surface area contributed by atoms with Gasteiger partial charge in [0.15, 0.2) is 0 Å². The summed E-state index contributed by atoms with van der Waals surface area (Å²) in [6, 6.07) is 0.414. The average molecular weight is 175 g/mol. The molecule has 0 aliphatic heterocycles. The van der Waals surface area contributed by atoms with E-state index in [9.17, 15) is 0 Å². The van der Waals surface area contributed by atoms with Crippen LogP contribution < -0.4 is 5.32 Å². The molecule has 0 spiro atoms. The summed E-state index contributed by atoms with van der Waals surface area (Å²) in [6.45, 7) is 7.06. The number of hydrogen-bond donors (Lipinski definition) is 2. The van der Waals surface area contributed by atoms with Gasteiger partial charge in [0, 0.05) is 25.3 Å². The second-order valence-corrected chi connectivity index (χ2v) is 3.77. The number of aliphatic hydroxyl groups excluding tert-OH is 1. The van der Waals surface area contributed by atoms with Gasteiger partial charge in [-0.25, -0.2) is 0 Å². The van der Waals surface area contributed by atoms with Crippen molar-refractivity contribution in [2.24, 2.45) is 0 Å². The van der Waals surface area contributed by atoms with Crippen LogP contribution in [0.5, 0.6) is 0 Å². The molecular weight excluding hydrogens is 154 g/mol. The monoisotopic (exact) mass is 175 g/mol. The zero-order valence-electron chi connectivity index (χ0n) is 8.55. The molecule has 0 radical (unpaired) electrons. The van der Waals surface area contributed by atoms with Gasteiger partial charge in [-0.2, -0.15) is 0 Å². The first-order valence-corrected chi connectivity index (χ1v) is 4.41. The summed E-state index contributed by atoms with van der Waals surface area (Å²) in [5.74, 6) is 0. The predicted molar refractivity (Wildman–Crippen MR) is 50.3 cm³/mol. The van der Waals surface area contributed by atoms with Gasteiger partial charge < -0.3 is 15.2 Å². The second-order valence-electron chi connectivity index (χ2n) is 3.77. The van der Waals surface area contributed by atoms with Crippen LogP contribution >= 0.6 is 0 Å². The van der Waals surface area contributed by atoms with E-state index in [1.807, 2.05) is 0 Å². The third-order valence-electron chi connectivity index (χ3n) is 1.76. The maximum Gasteiger partial charge on any atom is 0.0642 e. The summed E-state index contributed by atoms with van der Waals surface area (Å²) in [4.78, 5) is 0. The average Bonchev–Trinajstić information content (AvgIpc) is 1.85. The van der Waals surface area contributed by atoms with Crippen LogP contribution in [0, 0.1) is 0 Å². The first-order chi connectivity index (χ1) is 5.54. The van der Waals surface area contributed by atoms with E-state index in [2.05, 4.69) is 26.1 Å². The Kier molecular flexibility index (Phi) is 5.46. The van der Waals surface area contributed by atoms with Crippen molar-refractivity contribution in [3.8, 4) is 0 Å². The van der Waals surface area contributed by atoms with Crippen molar-refractivity contribution in [1.29, 1.82) is 0 Å².